The molecular formula is C18H24N2O. The van der Waals surface area contributed by atoms with Crippen molar-refractivity contribution in [1.82, 2.24) is 10.2 Å². The van der Waals surface area contributed by atoms with E-state index < -0.39 is 0 Å². The van der Waals surface area contributed by atoms with E-state index in [1.807, 2.05) is 6.07 Å². The van der Waals surface area contributed by atoms with Crippen molar-refractivity contribution in [2.75, 3.05) is 26.2 Å². The van der Waals surface area contributed by atoms with E-state index in [-0.39, 0.29) is 5.91 Å². The molecule has 21 heavy (non-hydrogen) atoms. The van der Waals surface area contributed by atoms with Crippen molar-refractivity contribution >= 4 is 5.91 Å². The number of fused-ring (bicyclic) bond motifs is 1. The molecule has 112 valence electrons. The van der Waals surface area contributed by atoms with Crippen molar-refractivity contribution in [2.45, 2.75) is 38.5 Å². The smallest absolute Gasteiger partial charge is 0.254 e. The third kappa shape index (κ3) is 2.28. The van der Waals surface area contributed by atoms with Gasteiger partial charge in [0.05, 0.1) is 0 Å². The van der Waals surface area contributed by atoms with Gasteiger partial charge in [-0.25, -0.2) is 0 Å². The van der Waals surface area contributed by atoms with Crippen LogP contribution >= 0.6 is 0 Å². The van der Waals surface area contributed by atoms with Crippen molar-refractivity contribution in [3.8, 4) is 0 Å². The Balaban J connectivity index is 1.50. The highest BCUT2D eigenvalue weighted by molar-refractivity contribution is 5.96. The number of carbonyl (C=O) groups is 1. The fourth-order valence-corrected chi connectivity index (χ4v) is 4.40. The second-order valence-corrected chi connectivity index (χ2v) is 7.02. The van der Waals surface area contributed by atoms with Crippen LogP contribution in [0, 0.1) is 5.41 Å². The quantitative estimate of drug-likeness (QED) is 0.859. The van der Waals surface area contributed by atoms with Gasteiger partial charge in [-0.15, -0.1) is 0 Å². The Hall–Kier alpha value is -1.35. The zero-order valence-corrected chi connectivity index (χ0v) is 12.7. The number of piperidine rings is 1. The maximum Gasteiger partial charge on any atom is 0.254 e. The zero-order valence-electron chi connectivity index (χ0n) is 12.7. The number of rotatable bonds is 1. The number of amides is 1. The maximum absolute atomic E-state index is 12.9. The molecule has 0 bridgehead atoms. The van der Waals surface area contributed by atoms with Gasteiger partial charge in [-0.2, -0.15) is 0 Å². The normalized spacial score (nSPS) is 23.5. The summed E-state index contributed by atoms with van der Waals surface area (Å²) in [4.78, 5) is 15.0. The first-order chi connectivity index (χ1) is 10.3. The van der Waals surface area contributed by atoms with Crippen molar-refractivity contribution in [1.29, 1.82) is 0 Å². The Morgan fingerprint density at radius 1 is 1.14 bits per heavy atom. The first-order valence-corrected chi connectivity index (χ1v) is 8.38. The van der Waals surface area contributed by atoms with Gasteiger partial charge < -0.3 is 10.2 Å². The zero-order chi connectivity index (χ0) is 14.3. The predicted molar refractivity (Wildman–Crippen MR) is 83.5 cm³/mol. The molecule has 3 nitrogen and oxygen atoms in total. The van der Waals surface area contributed by atoms with Crippen LogP contribution < -0.4 is 5.32 Å². The van der Waals surface area contributed by atoms with Gasteiger partial charge in [-0.3, -0.25) is 4.79 Å². The van der Waals surface area contributed by atoms with Crippen LogP contribution in [0.5, 0.6) is 0 Å². The van der Waals surface area contributed by atoms with Gasteiger partial charge >= 0.3 is 0 Å². The summed E-state index contributed by atoms with van der Waals surface area (Å²) in [6.45, 7) is 4.17. The van der Waals surface area contributed by atoms with Crippen LogP contribution in [-0.4, -0.2) is 37.0 Å². The minimum atomic E-state index is 0.273. The Morgan fingerprint density at radius 3 is 2.76 bits per heavy atom. The van der Waals surface area contributed by atoms with Crippen LogP contribution in [0.2, 0.25) is 0 Å². The van der Waals surface area contributed by atoms with E-state index in [2.05, 4.69) is 22.3 Å². The molecule has 0 aromatic heterocycles. The van der Waals surface area contributed by atoms with Gasteiger partial charge in [0.15, 0.2) is 0 Å². The van der Waals surface area contributed by atoms with E-state index in [9.17, 15) is 4.79 Å². The number of benzene rings is 1. The van der Waals surface area contributed by atoms with Crippen LogP contribution in [-0.2, 0) is 12.8 Å². The van der Waals surface area contributed by atoms with Crippen molar-refractivity contribution in [2.24, 2.45) is 5.41 Å². The van der Waals surface area contributed by atoms with Crippen LogP contribution in [0.15, 0.2) is 18.2 Å². The molecule has 4 rings (SSSR count). The Morgan fingerprint density at radius 2 is 2.00 bits per heavy atom. The van der Waals surface area contributed by atoms with E-state index in [0.29, 0.717) is 5.41 Å². The van der Waals surface area contributed by atoms with Crippen LogP contribution in [0.3, 0.4) is 0 Å². The molecule has 0 radical (unpaired) electrons. The van der Waals surface area contributed by atoms with E-state index in [0.717, 1.165) is 44.6 Å². The number of likely N-dealkylation sites (tertiary alicyclic amines) is 1. The molecule has 1 spiro atoms. The Labute approximate surface area is 126 Å². The van der Waals surface area contributed by atoms with Gasteiger partial charge in [0, 0.05) is 25.2 Å². The minimum Gasteiger partial charge on any atom is -0.339 e. The second kappa shape index (κ2) is 5.13. The molecule has 1 N–H and O–H groups in total. The minimum absolute atomic E-state index is 0.273. The lowest BCUT2D eigenvalue weighted by Crippen LogP contribution is -2.44. The Bertz CT molecular complexity index is 550. The van der Waals surface area contributed by atoms with Gasteiger partial charge in [0.2, 0.25) is 0 Å². The number of hydrogen-bond donors (Lipinski definition) is 1. The average Bonchev–Trinajstić information content (AvgIpc) is 3.16. The third-order valence-electron chi connectivity index (χ3n) is 5.82. The summed E-state index contributed by atoms with van der Waals surface area (Å²) in [7, 11) is 0. The average molecular weight is 284 g/mol. The second-order valence-electron chi connectivity index (χ2n) is 7.02. The molecule has 0 atom stereocenters. The predicted octanol–water partition coefficient (Wildman–Crippen LogP) is 2.39. The molecule has 2 fully saturated rings. The van der Waals surface area contributed by atoms with Crippen molar-refractivity contribution in [3.05, 3.63) is 34.9 Å². The molecule has 0 saturated carbocycles. The standard InChI is InChI=1S/C18H24N2O/c21-17(16-6-2-4-14-3-1-5-15(14)16)20-11-8-18(9-12-20)7-10-19-13-18/h2,4,6,19H,1,3,5,7-13H2. The number of nitrogens with one attached hydrogen (secondary N) is 1. The van der Waals surface area contributed by atoms with Crippen LogP contribution in [0.1, 0.15) is 47.2 Å². The summed E-state index contributed by atoms with van der Waals surface area (Å²) in [5.74, 6) is 0.273. The lowest BCUT2D eigenvalue weighted by molar-refractivity contribution is 0.0606. The first-order valence-electron chi connectivity index (χ1n) is 8.38. The van der Waals surface area contributed by atoms with E-state index >= 15 is 0 Å². The monoisotopic (exact) mass is 284 g/mol. The SMILES string of the molecule is O=C(c1cccc2c1CCC2)N1CCC2(CCNC2)CC1. The van der Waals surface area contributed by atoms with Gasteiger partial charge in [-0.1, -0.05) is 12.1 Å². The summed E-state index contributed by atoms with van der Waals surface area (Å²) in [5, 5.41) is 3.49. The highest BCUT2D eigenvalue weighted by Gasteiger charge is 2.38. The highest BCUT2D eigenvalue weighted by Crippen LogP contribution is 2.37. The lowest BCUT2D eigenvalue weighted by Gasteiger charge is -2.39. The summed E-state index contributed by atoms with van der Waals surface area (Å²) in [6.07, 6.45) is 7.05. The summed E-state index contributed by atoms with van der Waals surface area (Å²) >= 11 is 0. The molecule has 1 amide bonds. The van der Waals surface area contributed by atoms with Crippen LogP contribution in [0.25, 0.3) is 0 Å². The van der Waals surface area contributed by atoms with E-state index in [1.54, 1.807) is 0 Å². The topological polar surface area (TPSA) is 32.3 Å². The molecule has 1 aromatic rings. The van der Waals surface area contributed by atoms with Gasteiger partial charge in [0.1, 0.15) is 0 Å². The number of aryl methyl sites for hydroxylation is 1. The van der Waals surface area contributed by atoms with E-state index in [1.165, 1.54) is 36.8 Å². The fourth-order valence-electron chi connectivity index (χ4n) is 4.40. The number of carbonyl (C=O) groups excluding carboxylic acids is 1. The third-order valence-corrected chi connectivity index (χ3v) is 5.82. The van der Waals surface area contributed by atoms with Gasteiger partial charge in [0.25, 0.3) is 5.91 Å². The van der Waals surface area contributed by atoms with Gasteiger partial charge in [-0.05, 0) is 67.7 Å². The Kier molecular flexibility index (Phi) is 3.26. The molecular weight excluding hydrogens is 260 g/mol. The van der Waals surface area contributed by atoms with E-state index in [4.69, 9.17) is 0 Å². The molecule has 1 aromatic carbocycles. The molecule has 3 heteroatoms. The molecule has 0 unspecified atom stereocenters. The summed E-state index contributed by atoms with van der Waals surface area (Å²) in [6, 6.07) is 6.28. The number of hydrogen-bond acceptors (Lipinski definition) is 2. The fraction of sp³-hybridized carbons (Fsp3) is 0.611. The first kappa shape index (κ1) is 13.3. The molecule has 2 aliphatic heterocycles. The van der Waals surface area contributed by atoms with Crippen LogP contribution in [0.4, 0.5) is 0 Å². The van der Waals surface area contributed by atoms with Crippen molar-refractivity contribution < 1.29 is 4.79 Å². The molecule has 2 saturated heterocycles. The molecule has 1 aliphatic carbocycles. The number of nitrogens with zero attached hydrogens (tertiary/aromatic N) is 1. The molecule has 2 heterocycles. The maximum atomic E-state index is 12.9. The molecule has 3 aliphatic rings. The summed E-state index contributed by atoms with van der Waals surface area (Å²) < 4.78 is 0. The van der Waals surface area contributed by atoms with Crippen molar-refractivity contribution in [3.63, 3.8) is 0 Å². The lowest BCUT2D eigenvalue weighted by atomic mass is 9.77. The highest BCUT2D eigenvalue weighted by atomic mass is 16.2. The largest absolute Gasteiger partial charge is 0.339 e. The summed E-state index contributed by atoms with van der Waals surface area (Å²) in [5.41, 5.74) is 4.18.